The average molecular weight is 430 g/mol. The molecule has 11 heteroatoms. The van der Waals surface area contributed by atoms with E-state index < -0.39 is 23.2 Å². The van der Waals surface area contributed by atoms with Crippen LogP contribution in [0.4, 0.5) is 23.2 Å². The zero-order valence-electron chi connectivity index (χ0n) is 16.0. The Hall–Kier alpha value is -3.94. The Bertz CT molecular complexity index is 1410. The molecule has 0 spiro atoms. The lowest BCUT2D eigenvalue weighted by atomic mass is 10.1. The average Bonchev–Trinajstić information content (AvgIpc) is 3.18. The van der Waals surface area contributed by atoms with Gasteiger partial charge in [-0.15, -0.1) is 0 Å². The molecule has 0 fully saturated rings. The van der Waals surface area contributed by atoms with Crippen LogP contribution < -0.4 is 10.9 Å². The number of hydrogen-bond acceptors (Lipinski definition) is 5. The van der Waals surface area contributed by atoms with Crippen molar-refractivity contribution >= 4 is 22.2 Å². The van der Waals surface area contributed by atoms with Gasteiger partial charge in [0.2, 0.25) is 0 Å². The van der Waals surface area contributed by atoms with E-state index in [0.29, 0.717) is 5.65 Å². The highest BCUT2D eigenvalue weighted by Gasteiger charge is 2.32. The van der Waals surface area contributed by atoms with Gasteiger partial charge in [-0.2, -0.15) is 23.5 Å². The van der Waals surface area contributed by atoms with E-state index in [1.54, 1.807) is 0 Å². The van der Waals surface area contributed by atoms with Crippen LogP contribution in [0.3, 0.4) is 0 Å². The molecule has 4 rings (SSSR count). The minimum atomic E-state index is -4.61. The summed E-state index contributed by atoms with van der Waals surface area (Å²) in [6, 6.07) is 8.12. The molecular weight excluding hydrogens is 416 g/mol. The summed E-state index contributed by atoms with van der Waals surface area (Å²) in [5.41, 5.74) is -0.519. The molecule has 3 heterocycles. The Morgan fingerprint density at radius 3 is 2.71 bits per heavy atom. The molecule has 1 N–H and O–H groups in total. The van der Waals surface area contributed by atoms with Gasteiger partial charge in [0, 0.05) is 31.4 Å². The number of aryl methyl sites for hydroxylation is 1. The summed E-state index contributed by atoms with van der Waals surface area (Å²) in [6.45, 7) is 0.203. The standard InChI is InChI=1S/C20H14F4N6O/c1-29-18-10-14(11-3-6-27-17(7-11)20(22,23)24)28-30(18)16-9-15(26-5-2-4-25)13(21)8-12(16)19(29)31/h3,6-10,26H,2,5H2,1H3. The van der Waals surface area contributed by atoms with Crippen molar-refractivity contribution in [3.8, 4) is 17.3 Å². The maximum atomic E-state index is 14.4. The summed E-state index contributed by atoms with van der Waals surface area (Å²) >= 11 is 0. The molecule has 0 saturated heterocycles. The molecule has 0 bridgehead atoms. The molecule has 0 unspecified atom stereocenters. The molecule has 0 aliphatic rings. The third-order valence-corrected chi connectivity index (χ3v) is 4.78. The molecule has 0 amide bonds. The molecule has 0 aliphatic carbocycles. The van der Waals surface area contributed by atoms with Crippen molar-refractivity contribution in [2.75, 3.05) is 11.9 Å². The van der Waals surface area contributed by atoms with Gasteiger partial charge < -0.3 is 5.32 Å². The molecule has 0 saturated carbocycles. The number of anilines is 1. The zero-order chi connectivity index (χ0) is 22.3. The first-order valence-corrected chi connectivity index (χ1v) is 9.07. The highest BCUT2D eigenvalue weighted by molar-refractivity contribution is 5.85. The molecule has 31 heavy (non-hydrogen) atoms. The molecule has 7 nitrogen and oxygen atoms in total. The van der Waals surface area contributed by atoms with Gasteiger partial charge >= 0.3 is 6.18 Å². The summed E-state index contributed by atoms with van der Waals surface area (Å²) < 4.78 is 56.1. The van der Waals surface area contributed by atoms with Crippen LogP contribution in [0.1, 0.15) is 12.1 Å². The Morgan fingerprint density at radius 1 is 1.23 bits per heavy atom. The monoisotopic (exact) mass is 430 g/mol. The van der Waals surface area contributed by atoms with Gasteiger partial charge in [0.25, 0.3) is 5.56 Å². The molecule has 0 aliphatic heterocycles. The fraction of sp³-hybridized carbons (Fsp3) is 0.200. The molecule has 0 atom stereocenters. The van der Waals surface area contributed by atoms with Crippen LogP contribution in [0, 0.1) is 17.1 Å². The second-order valence-electron chi connectivity index (χ2n) is 6.78. The predicted octanol–water partition coefficient (Wildman–Crippen LogP) is 3.73. The highest BCUT2D eigenvalue weighted by Crippen LogP contribution is 2.31. The van der Waals surface area contributed by atoms with Crippen LogP contribution in [0.15, 0.2) is 41.3 Å². The van der Waals surface area contributed by atoms with Crippen molar-refractivity contribution in [2.24, 2.45) is 7.05 Å². The lowest BCUT2D eigenvalue weighted by molar-refractivity contribution is -0.141. The van der Waals surface area contributed by atoms with Crippen LogP contribution in [0.5, 0.6) is 0 Å². The van der Waals surface area contributed by atoms with Crippen molar-refractivity contribution in [3.05, 3.63) is 58.4 Å². The number of alkyl halides is 3. The summed E-state index contributed by atoms with van der Waals surface area (Å²) in [5.74, 6) is -0.668. The number of nitrogens with one attached hydrogen (secondary N) is 1. The van der Waals surface area contributed by atoms with Gasteiger partial charge in [0.15, 0.2) is 0 Å². The van der Waals surface area contributed by atoms with Crippen molar-refractivity contribution in [2.45, 2.75) is 12.6 Å². The fourth-order valence-corrected chi connectivity index (χ4v) is 3.26. The van der Waals surface area contributed by atoms with Crippen molar-refractivity contribution in [3.63, 3.8) is 0 Å². The molecule has 0 radical (unpaired) electrons. The number of nitriles is 1. The number of halogens is 4. The first-order valence-electron chi connectivity index (χ1n) is 9.07. The van der Waals surface area contributed by atoms with Crippen LogP contribution in [0.25, 0.3) is 27.8 Å². The largest absolute Gasteiger partial charge is 0.433 e. The SMILES string of the molecule is Cn1c(=O)c2cc(F)c(NCCC#N)cc2n2nc(-c3ccnc(C(F)(F)F)c3)cc12. The maximum absolute atomic E-state index is 14.4. The first-order chi connectivity index (χ1) is 14.7. The van der Waals surface area contributed by atoms with E-state index in [0.717, 1.165) is 18.3 Å². The summed E-state index contributed by atoms with van der Waals surface area (Å²) in [6.07, 6.45) is -3.43. The maximum Gasteiger partial charge on any atom is 0.433 e. The number of pyridine rings is 1. The highest BCUT2D eigenvalue weighted by atomic mass is 19.4. The minimum Gasteiger partial charge on any atom is -0.382 e. The number of rotatable bonds is 4. The second kappa shape index (κ2) is 7.39. The molecule has 4 aromatic rings. The number of benzene rings is 1. The first kappa shape index (κ1) is 20.3. The Labute approximate surface area is 172 Å². The van der Waals surface area contributed by atoms with E-state index in [1.807, 2.05) is 6.07 Å². The Kier molecular flexibility index (Phi) is 4.85. The number of aromatic nitrogens is 4. The molecular formula is C20H14F4N6O. The van der Waals surface area contributed by atoms with E-state index in [4.69, 9.17) is 5.26 Å². The summed E-state index contributed by atoms with van der Waals surface area (Å²) in [4.78, 5) is 16.1. The van der Waals surface area contributed by atoms with Gasteiger partial charge in [-0.25, -0.2) is 8.91 Å². The van der Waals surface area contributed by atoms with Crippen molar-refractivity contribution < 1.29 is 17.6 Å². The predicted molar refractivity (Wildman–Crippen MR) is 105 cm³/mol. The van der Waals surface area contributed by atoms with Gasteiger partial charge in [0.1, 0.15) is 17.2 Å². The number of nitrogens with zero attached hydrogens (tertiary/aromatic N) is 5. The zero-order valence-corrected chi connectivity index (χ0v) is 16.0. The Morgan fingerprint density at radius 2 is 2.00 bits per heavy atom. The van der Waals surface area contributed by atoms with Gasteiger partial charge in [-0.1, -0.05) is 0 Å². The van der Waals surface area contributed by atoms with E-state index in [2.05, 4.69) is 15.4 Å². The van der Waals surface area contributed by atoms with Crippen LogP contribution in [-0.4, -0.2) is 25.7 Å². The number of hydrogen-bond donors (Lipinski definition) is 1. The smallest absolute Gasteiger partial charge is 0.382 e. The summed E-state index contributed by atoms with van der Waals surface area (Å²) in [5, 5.41) is 15.9. The van der Waals surface area contributed by atoms with Crippen molar-refractivity contribution in [1.82, 2.24) is 19.2 Å². The Balaban J connectivity index is 1.93. The fourth-order valence-electron chi connectivity index (χ4n) is 3.26. The minimum absolute atomic E-state index is 0.0543. The van der Waals surface area contributed by atoms with E-state index >= 15 is 0 Å². The third kappa shape index (κ3) is 3.56. The van der Waals surface area contributed by atoms with Gasteiger partial charge in [0.05, 0.1) is 34.8 Å². The lowest BCUT2D eigenvalue weighted by Gasteiger charge is -2.10. The third-order valence-electron chi connectivity index (χ3n) is 4.78. The van der Waals surface area contributed by atoms with Crippen molar-refractivity contribution in [1.29, 1.82) is 5.26 Å². The van der Waals surface area contributed by atoms with Gasteiger partial charge in [-0.05, 0) is 24.3 Å². The van der Waals surface area contributed by atoms with E-state index in [1.165, 1.54) is 34.3 Å². The van der Waals surface area contributed by atoms with E-state index in [-0.39, 0.29) is 40.8 Å². The topological polar surface area (TPSA) is 88.0 Å². The van der Waals surface area contributed by atoms with Crippen LogP contribution >= 0.6 is 0 Å². The normalized spacial score (nSPS) is 11.7. The van der Waals surface area contributed by atoms with Crippen LogP contribution in [0.2, 0.25) is 0 Å². The summed E-state index contributed by atoms with van der Waals surface area (Å²) in [7, 11) is 1.47. The molecule has 3 aromatic heterocycles. The molecule has 158 valence electrons. The van der Waals surface area contributed by atoms with Gasteiger partial charge in [-0.3, -0.25) is 14.3 Å². The quantitative estimate of drug-likeness (QED) is 0.394. The van der Waals surface area contributed by atoms with E-state index in [9.17, 15) is 22.4 Å². The van der Waals surface area contributed by atoms with Crippen LogP contribution in [-0.2, 0) is 13.2 Å². The second-order valence-corrected chi connectivity index (χ2v) is 6.78. The molecule has 1 aromatic carbocycles. The lowest BCUT2D eigenvalue weighted by Crippen LogP contribution is -2.20. The number of fused-ring (bicyclic) bond motifs is 3.